The molecule has 0 saturated heterocycles. The van der Waals surface area contributed by atoms with Crippen molar-refractivity contribution >= 4 is 0 Å². The van der Waals surface area contributed by atoms with Gasteiger partial charge >= 0.3 is 0 Å². The SMILES string of the molecule is CCOC(CCN)(OCC)OCC. The van der Waals surface area contributed by atoms with Gasteiger partial charge in [-0.1, -0.05) is 0 Å². The molecule has 13 heavy (non-hydrogen) atoms. The second-order valence-corrected chi connectivity index (χ2v) is 2.52. The van der Waals surface area contributed by atoms with E-state index >= 15 is 0 Å². The number of hydrogen-bond donors (Lipinski definition) is 1. The van der Waals surface area contributed by atoms with E-state index in [0.29, 0.717) is 32.8 Å². The first kappa shape index (κ1) is 12.8. The summed E-state index contributed by atoms with van der Waals surface area (Å²) in [5.41, 5.74) is 5.47. The molecule has 0 amide bonds. The molecule has 4 nitrogen and oxygen atoms in total. The van der Waals surface area contributed by atoms with Gasteiger partial charge in [0, 0.05) is 32.8 Å². The Labute approximate surface area is 80.3 Å². The normalized spacial score (nSPS) is 12.0. The fourth-order valence-electron chi connectivity index (χ4n) is 1.18. The third kappa shape index (κ3) is 4.57. The third-order valence-corrected chi connectivity index (χ3v) is 1.54. The van der Waals surface area contributed by atoms with E-state index in [1.54, 1.807) is 0 Å². The maximum Gasteiger partial charge on any atom is 0.284 e. The van der Waals surface area contributed by atoms with Crippen molar-refractivity contribution in [2.45, 2.75) is 33.2 Å². The molecule has 80 valence electrons. The second kappa shape index (κ2) is 7.26. The minimum Gasteiger partial charge on any atom is -0.330 e. The van der Waals surface area contributed by atoms with Crippen molar-refractivity contribution in [2.24, 2.45) is 5.73 Å². The summed E-state index contributed by atoms with van der Waals surface area (Å²) in [6.45, 7) is 7.87. The zero-order valence-corrected chi connectivity index (χ0v) is 8.84. The molecule has 0 aliphatic rings. The maximum absolute atomic E-state index is 5.47. The van der Waals surface area contributed by atoms with Gasteiger partial charge in [0.25, 0.3) is 5.97 Å². The molecule has 0 bridgehead atoms. The van der Waals surface area contributed by atoms with Gasteiger partial charge in [0.1, 0.15) is 0 Å². The van der Waals surface area contributed by atoms with E-state index in [-0.39, 0.29) is 0 Å². The first-order valence-electron chi connectivity index (χ1n) is 4.86. The van der Waals surface area contributed by atoms with Crippen molar-refractivity contribution in [3.63, 3.8) is 0 Å². The van der Waals surface area contributed by atoms with Gasteiger partial charge in [-0.25, -0.2) is 0 Å². The molecule has 0 spiro atoms. The summed E-state index contributed by atoms with van der Waals surface area (Å²) in [4.78, 5) is 0. The van der Waals surface area contributed by atoms with E-state index in [1.807, 2.05) is 20.8 Å². The fourth-order valence-corrected chi connectivity index (χ4v) is 1.18. The number of nitrogens with two attached hydrogens (primary N) is 1. The number of hydrogen-bond acceptors (Lipinski definition) is 4. The molecule has 0 atom stereocenters. The van der Waals surface area contributed by atoms with Crippen LogP contribution >= 0.6 is 0 Å². The van der Waals surface area contributed by atoms with Crippen molar-refractivity contribution in [3.05, 3.63) is 0 Å². The summed E-state index contributed by atoms with van der Waals surface area (Å²) in [7, 11) is 0. The van der Waals surface area contributed by atoms with Crippen molar-refractivity contribution < 1.29 is 14.2 Å². The Balaban J connectivity index is 4.19. The molecule has 0 aromatic rings. The highest BCUT2D eigenvalue weighted by atomic mass is 16.9. The largest absolute Gasteiger partial charge is 0.330 e. The molecular formula is C9H21NO3. The van der Waals surface area contributed by atoms with E-state index in [4.69, 9.17) is 19.9 Å². The monoisotopic (exact) mass is 191 g/mol. The van der Waals surface area contributed by atoms with Crippen molar-refractivity contribution in [3.8, 4) is 0 Å². The number of rotatable bonds is 8. The summed E-state index contributed by atoms with van der Waals surface area (Å²) in [6.07, 6.45) is 0.558. The highest BCUT2D eigenvalue weighted by Gasteiger charge is 2.31. The predicted molar refractivity (Wildman–Crippen MR) is 51.3 cm³/mol. The third-order valence-electron chi connectivity index (χ3n) is 1.54. The Morgan fingerprint density at radius 2 is 1.31 bits per heavy atom. The molecule has 0 rings (SSSR count). The molecule has 0 radical (unpaired) electrons. The smallest absolute Gasteiger partial charge is 0.284 e. The standard InChI is InChI=1S/C9H21NO3/c1-4-11-9(7-8-10,12-5-2)13-6-3/h4-8,10H2,1-3H3. The van der Waals surface area contributed by atoms with Gasteiger partial charge < -0.3 is 19.9 Å². The van der Waals surface area contributed by atoms with Crippen LogP contribution < -0.4 is 5.73 Å². The van der Waals surface area contributed by atoms with Crippen molar-refractivity contribution in [2.75, 3.05) is 26.4 Å². The molecule has 0 heterocycles. The van der Waals surface area contributed by atoms with Crippen LogP contribution in [0.4, 0.5) is 0 Å². The zero-order valence-electron chi connectivity index (χ0n) is 8.84. The summed E-state index contributed by atoms with van der Waals surface area (Å²) < 4.78 is 16.3. The van der Waals surface area contributed by atoms with E-state index < -0.39 is 5.97 Å². The van der Waals surface area contributed by atoms with E-state index in [1.165, 1.54) is 0 Å². The van der Waals surface area contributed by atoms with Crippen molar-refractivity contribution in [1.82, 2.24) is 0 Å². The molecular weight excluding hydrogens is 170 g/mol. The van der Waals surface area contributed by atoms with Crippen LogP contribution in [0.5, 0.6) is 0 Å². The predicted octanol–water partition coefficient (Wildman–Crippen LogP) is 1.10. The lowest BCUT2D eigenvalue weighted by Crippen LogP contribution is -2.41. The molecule has 0 saturated carbocycles. The lowest BCUT2D eigenvalue weighted by atomic mass is 10.3. The minimum absolute atomic E-state index is 0.486. The zero-order chi connectivity index (χ0) is 10.2. The lowest BCUT2D eigenvalue weighted by Gasteiger charge is -2.31. The Kier molecular flexibility index (Phi) is 7.17. The molecule has 0 fully saturated rings. The van der Waals surface area contributed by atoms with Crippen molar-refractivity contribution in [1.29, 1.82) is 0 Å². The van der Waals surface area contributed by atoms with E-state index in [0.717, 1.165) is 0 Å². The van der Waals surface area contributed by atoms with Crippen LogP contribution in [0.1, 0.15) is 27.2 Å². The maximum atomic E-state index is 5.47. The van der Waals surface area contributed by atoms with Crippen LogP contribution in [0.25, 0.3) is 0 Å². The fraction of sp³-hybridized carbons (Fsp3) is 1.00. The Morgan fingerprint density at radius 3 is 1.54 bits per heavy atom. The first-order valence-corrected chi connectivity index (χ1v) is 4.86. The second-order valence-electron chi connectivity index (χ2n) is 2.52. The highest BCUT2D eigenvalue weighted by Crippen LogP contribution is 2.19. The van der Waals surface area contributed by atoms with Gasteiger partial charge in [-0.15, -0.1) is 0 Å². The summed E-state index contributed by atoms with van der Waals surface area (Å²) in [6, 6.07) is 0. The molecule has 0 aliphatic heterocycles. The Bertz CT molecular complexity index is 89.9. The van der Waals surface area contributed by atoms with Crippen LogP contribution in [0.15, 0.2) is 0 Å². The molecule has 0 aliphatic carbocycles. The molecule has 4 heteroatoms. The molecule has 0 unspecified atom stereocenters. The lowest BCUT2D eigenvalue weighted by molar-refractivity contribution is -0.378. The van der Waals surface area contributed by atoms with Crippen LogP contribution in [0.3, 0.4) is 0 Å². The van der Waals surface area contributed by atoms with E-state index in [9.17, 15) is 0 Å². The minimum atomic E-state index is -0.924. The molecule has 0 aromatic carbocycles. The van der Waals surface area contributed by atoms with Gasteiger partial charge in [-0.05, 0) is 20.8 Å². The summed E-state index contributed by atoms with van der Waals surface area (Å²) in [5.74, 6) is -0.924. The molecule has 2 N–H and O–H groups in total. The highest BCUT2D eigenvalue weighted by molar-refractivity contribution is 4.58. The Morgan fingerprint density at radius 1 is 0.923 bits per heavy atom. The van der Waals surface area contributed by atoms with Crippen LogP contribution in [0.2, 0.25) is 0 Å². The Hall–Kier alpha value is -0.160. The van der Waals surface area contributed by atoms with Crippen LogP contribution in [-0.4, -0.2) is 32.3 Å². The van der Waals surface area contributed by atoms with E-state index in [2.05, 4.69) is 0 Å². The average Bonchev–Trinajstić information content (AvgIpc) is 2.06. The summed E-state index contributed by atoms with van der Waals surface area (Å²) in [5, 5.41) is 0. The van der Waals surface area contributed by atoms with Crippen LogP contribution in [0, 0.1) is 0 Å². The van der Waals surface area contributed by atoms with Crippen LogP contribution in [-0.2, 0) is 14.2 Å². The molecule has 0 aromatic heterocycles. The quantitative estimate of drug-likeness (QED) is 0.584. The average molecular weight is 191 g/mol. The first-order chi connectivity index (χ1) is 6.24. The number of ether oxygens (including phenoxy) is 3. The van der Waals surface area contributed by atoms with Gasteiger partial charge in [0.15, 0.2) is 0 Å². The van der Waals surface area contributed by atoms with Gasteiger partial charge in [0.05, 0.1) is 0 Å². The topological polar surface area (TPSA) is 53.7 Å². The van der Waals surface area contributed by atoms with Gasteiger partial charge in [0.2, 0.25) is 0 Å². The van der Waals surface area contributed by atoms with Gasteiger partial charge in [-0.3, -0.25) is 0 Å². The van der Waals surface area contributed by atoms with Gasteiger partial charge in [-0.2, -0.15) is 0 Å². The summed E-state index contributed by atoms with van der Waals surface area (Å²) >= 11 is 0.